The van der Waals surface area contributed by atoms with Crippen molar-refractivity contribution in [3.8, 4) is 0 Å². The van der Waals surface area contributed by atoms with E-state index in [1.165, 1.54) is 0 Å². The molecule has 1 rings (SSSR count). The Morgan fingerprint density at radius 2 is 0.944 bits per heavy atom. The maximum atomic E-state index is 13.8. The summed E-state index contributed by atoms with van der Waals surface area (Å²) < 4.78 is 99.1. The van der Waals surface area contributed by atoms with Crippen LogP contribution in [0.4, 0.5) is 29.4 Å². The second kappa shape index (κ2) is 4.74. The van der Waals surface area contributed by atoms with Crippen LogP contribution in [0.15, 0.2) is 18.1 Å². The Morgan fingerprint density at radius 1 is 0.611 bits per heavy atom. The van der Waals surface area contributed by atoms with Crippen molar-refractivity contribution < 1.29 is 29.4 Å². The molecule has 0 aromatic heterocycles. The van der Waals surface area contributed by atoms with Gasteiger partial charge in [-0.05, 0) is 14.1 Å². The van der Waals surface area contributed by atoms with Gasteiger partial charge >= 0.3 is 31.1 Å². The Labute approximate surface area is 98.1 Å². The predicted molar refractivity (Wildman–Crippen MR) is 58.8 cm³/mol. The van der Waals surface area contributed by atoms with Crippen LogP contribution in [-0.2, 0) is 0 Å². The van der Waals surface area contributed by atoms with Crippen molar-refractivity contribution in [3.63, 3.8) is 0 Å². The highest BCUT2D eigenvalue weighted by atomic mass is 31.3. The van der Waals surface area contributed by atoms with Crippen LogP contribution in [0, 0.1) is 0 Å². The summed E-state index contributed by atoms with van der Waals surface area (Å²) >= 11 is 0. The SMILES string of the molecule is CN(C)P1(F)=NP(F)(F)=NP(F)(F)=NP(F)(F)=N1. The third-order valence-electron chi connectivity index (χ3n) is 1.38. The standard InChI is InChI=1S/C2H6F7N5P4/c1-14(2)18(9)12-16(5,6)10-15(3,4)11-17(7,8)13-18/h1-2H3. The Kier molecular flexibility index (Phi) is 4.33. The van der Waals surface area contributed by atoms with Gasteiger partial charge in [0, 0.05) is 0 Å². The molecule has 1 aliphatic heterocycles. The van der Waals surface area contributed by atoms with Crippen molar-refractivity contribution in [2.24, 2.45) is 18.1 Å². The fraction of sp³-hybridized carbons (Fsp3) is 1.00. The molecule has 1 atom stereocenters. The molecular formula is C2H6F7N5P4. The number of rotatable bonds is 1. The van der Waals surface area contributed by atoms with Gasteiger partial charge in [0.05, 0.1) is 0 Å². The molecule has 5 nitrogen and oxygen atoms in total. The molecule has 0 fully saturated rings. The van der Waals surface area contributed by atoms with Gasteiger partial charge in [-0.25, -0.2) is 4.67 Å². The lowest BCUT2D eigenvalue weighted by Gasteiger charge is -2.20. The highest BCUT2D eigenvalue weighted by molar-refractivity contribution is 7.78. The van der Waals surface area contributed by atoms with E-state index in [0.717, 1.165) is 14.1 Å². The number of halogens is 7. The second-order valence-corrected chi connectivity index (χ2v) is 10.5. The average Bonchev–Trinajstić information content (AvgIpc) is 1.92. The van der Waals surface area contributed by atoms with E-state index in [1.807, 2.05) is 0 Å². The summed E-state index contributed by atoms with van der Waals surface area (Å²) in [5.74, 6) is 0. The molecule has 18 heavy (non-hydrogen) atoms. The van der Waals surface area contributed by atoms with E-state index < -0.39 is 31.1 Å². The fourth-order valence-corrected chi connectivity index (χ4v) is 8.17. The van der Waals surface area contributed by atoms with Gasteiger partial charge in [-0.1, -0.05) is 0 Å². The summed E-state index contributed by atoms with van der Waals surface area (Å²) in [5, 5.41) is 0. The van der Waals surface area contributed by atoms with Crippen LogP contribution in [0.5, 0.6) is 0 Å². The van der Waals surface area contributed by atoms with Crippen molar-refractivity contribution in [3.05, 3.63) is 0 Å². The number of hydrogen-bond acceptors (Lipinski definition) is 5. The fourth-order valence-electron chi connectivity index (χ4n) is 0.764. The molecule has 0 aromatic rings. The highest BCUT2D eigenvalue weighted by Crippen LogP contribution is 2.82. The third-order valence-corrected chi connectivity index (χ3v) is 9.39. The molecule has 108 valence electrons. The van der Waals surface area contributed by atoms with Crippen LogP contribution < -0.4 is 0 Å². The van der Waals surface area contributed by atoms with Crippen molar-refractivity contribution in [2.45, 2.75) is 0 Å². The molecule has 0 aromatic carbocycles. The van der Waals surface area contributed by atoms with E-state index in [0.29, 0.717) is 4.67 Å². The molecule has 1 aliphatic rings. The quantitative estimate of drug-likeness (QED) is 0.364. The van der Waals surface area contributed by atoms with Crippen LogP contribution >= 0.6 is 31.1 Å². The summed E-state index contributed by atoms with van der Waals surface area (Å²) in [5.41, 5.74) is 0. The normalized spacial score (nSPS) is 33.2. The van der Waals surface area contributed by atoms with Gasteiger partial charge in [0.1, 0.15) is 0 Å². The molecule has 0 N–H and O–H groups in total. The Bertz CT molecular complexity index is 558. The van der Waals surface area contributed by atoms with E-state index in [9.17, 15) is 29.4 Å². The monoisotopic (exact) mass is 357 g/mol. The van der Waals surface area contributed by atoms with Crippen molar-refractivity contribution in [1.82, 2.24) is 4.67 Å². The number of nitrogens with zero attached hydrogens (tertiary/aromatic N) is 5. The maximum Gasteiger partial charge on any atom is 0.425 e. The van der Waals surface area contributed by atoms with Crippen molar-refractivity contribution in [1.29, 1.82) is 0 Å². The van der Waals surface area contributed by atoms with Gasteiger partial charge in [0.15, 0.2) is 0 Å². The van der Waals surface area contributed by atoms with Crippen LogP contribution in [-0.4, -0.2) is 18.8 Å². The van der Waals surface area contributed by atoms with Crippen LogP contribution in [0.3, 0.4) is 0 Å². The molecule has 1 heterocycles. The maximum absolute atomic E-state index is 13.8. The molecule has 0 saturated carbocycles. The van der Waals surface area contributed by atoms with Crippen LogP contribution in [0.25, 0.3) is 0 Å². The molecule has 0 spiro atoms. The largest absolute Gasteiger partial charge is 0.425 e. The lowest BCUT2D eigenvalue weighted by Crippen LogP contribution is -2.03. The van der Waals surface area contributed by atoms with E-state index in [2.05, 4.69) is 9.03 Å². The van der Waals surface area contributed by atoms with E-state index in [4.69, 9.17) is 0 Å². The van der Waals surface area contributed by atoms with Crippen LogP contribution in [0.1, 0.15) is 0 Å². The first-order chi connectivity index (χ1) is 7.77. The summed E-state index contributed by atoms with van der Waals surface area (Å²) in [6, 6.07) is 0. The van der Waals surface area contributed by atoms with Gasteiger partial charge in [0.25, 0.3) is 0 Å². The predicted octanol–water partition coefficient (Wildman–Crippen LogP) is 7.13. The van der Waals surface area contributed by atoms with Gasteiger partial charge < -0.3 is 0 Å². The van der Waals surface area contributed by atoms with Gasteiger partial charge in [-0.15, -0.1) is 43.2 Å². The zero-order chi connectivity index (χ0) is 14.4. The Hall–Kier alpha value is 0.390. The third kappa shape index (κ3) is 4.20. The Balaban J connectivity index is 3.74. The first-order valence-corrected chi connectivity index (χ1v) is 9.84. The first-order valence-electron chi connectivity index (χ1n) is 3.88. The van der Waals surface area contributed by atoms with Gasteiger partial charge in [0.2, 0.25) is 0 Å². The molecule has 1 unspecified atom stereocenters. The zero-order valence-corrected chi connectivity index (χ0v) is 12.2. The minimum Gasteiger partial charge on any atom is -0.232 e. The Morgan fingerprint density at radius 3 is 1.33 bits per heavy atom. The number of hydrogen-bond donors (Lipinski definition) is 0. The molecule has 0 aliphatic carbocycles. The van der Waals surface area contributed by atoms with Crippen molar-refractivity contribution >= 4 is 31.1 Å². The molecule has 0 radical (unpaired) electrons. The molecule has 0 bridgehead atoms. The minimum absolute atomic E-state index is 0.307. The minimum atomic E-state index is -6.24. The molecule has 16 heteroatoms. The van der Waals surface area contributed by atoms with Crippen LogP contribution in [0.2, 0.25) is 0 Å². The summed E-state index contributed by atoms with van der Waals surface area (Å²) in [4.78, 5) is 0. The lowest BCUT2D eigenvalue weighted by molar-refractivity contribution is 0.605. The molecule has 0 amide bonds. The highest BCUT2D eigenvalue weighted by Gasteiger charge is 2.40. The smallest absolute Gasteiger partial charge is 0.232 e. The second-order valence-electron chi connectivity index (χ2n) is 3.07. The summed E-state index contributed by atoms with van der Waals surface area (Å²) in [6.45, 7) is 0. The topological polar surface area (TPSA) is 52.7 Å². The van der Waals surface area contributed by atoms with E-state index >= 15 is 0 Å². The van der Waals surface area contributed by atoms with Gasteiger partial charge in [-0.3, -0.25) is 0 Å². The molecule has 0 saturated heterocycles. The van der Waals surface area contributed by atoms with Gasteiger partial charge in [-0.2, -0.15) is 4.20 Å². The summed E-state index contributed by atoms with van der Waals surface area (Å²) in [7, 11) is -21.8. The van der Waals surface area contributed by atoms with Crippen molar-refractivity contribution in [2.75, 3.05) is 14.1 Å². The average molecular weight is 357 g/mol. The zero-order valence-electron chi connectivity index (χ0n) is 8.67. The summed E-state index contributed by atoms with van der Waals surface area (Å²) in [6.07, 6.45) is 0. The first kappa shape index (κ1) is 16.4. The van der Waals surface area contributed by atoms with E-state index in [1.54, 1.807) is 9.03 Å². The lowest BCUT2D eigenvalue weighted by atomic mass is 11.3. The molecular weight excluding hydrogens is 351 g/mol. The van der Waals surface area contributed by atoms with E-state index in [-0.39, 0.29) is 0 Å².